The highest BCUT2D eigenvalue weighted by Crippen LogP contribution is 2.25. The number of carbonyl (C=O) groups excluding carboxylic acids is 1. The lowest BCUT2D eigenvalue weighted by Crippen LogP contribution is -2.37. The minimum Gasteiger partial charge on any atom is -0.381 e. The first-order valence-corrected chi connectivity index (χ1v) is 10.8. The van der Waals surface area contributed by atoms with Gasteiger partial charge in [-0.3, -0.25) is 4.90 Å². The Hall–Kier alpha value is -1.41. The molecule has 1 fully saturated rings. The lowest BCUT2D eigenvalue weighted by Gasteiger charge is -2.33. The summed E-state index contributed by atoms with van der Waals surface area (Å²) in [6, 6.07) is 7.73. The van der Waals surface area contributed by atoms with E-state index in [4.69, 9.17) is 14.2 Å². The molecule has 1 aliphatic rings. The van der Waals surface area contributed by atoms with E-state index in [1.165, 1.54) is 0 Å². The monoisotopic (exact) mass is 454 g/mol. The zero-order chi connectivity index (χ0) is 20.2. The number of nitrogens with zero attached hydrogens (tertiary/aromatic N) is 1. The lowest BCUT2D eigenvalue weighted by atomic mass is 9.93. The highest BCUT2D eigenvalue weighted by Gasteiger charge is 2.29. The normalized spacial score (nSPS) is 16.2. The van der Waals surface area contributed by atoms with Gasteiger partial charge < -0.3 is 19.5 Å². The molecule has 1 aromatic rings. The second-order valence-electron chi connectivity index (χ2n) is 6.80. The van der Waals surface area contributed by atoms with Crippen LogP contribution in [0.25, 0.3) is 0 Å². The average molecular weight is 455 g/mol. The molecule has 1 heterocycles. The average Bonchev–Trinajstić information content (AvgIpc) is 2.74. The second-order valence-corrected chi connectivity index (χ2v) is 7.59. The number of anilines is 1. The first-order chi connectivity index (χ1) is 13.6. The van der Waals surface area contributed by atoms with E-state index in [-0.39, 0.29) is 11.6 Å². The van der Waals surface area contributed by atoms with Gasteiger partial charge >= 0.3 is 6.03 Å². The number of methoxy groups -OCH3 is 1. The van der Waals surface area contributed by atoms with Crippen molar-refractivity contribution in [3.63, 3.8) is 0 Å². The van der Waals surface area contributed by atoms with Crippen molar-refractivity contribution in [2.75, 3.05) is 50.8 Å². The van der Waals surface area contributed by atoms with Crippen LogP contribution in [0.4, 0.5) is 10.5 Å². The topological polar surface area (TPSA) is 60.0 Å². The predicted molar refractivity (Wildman–Crippen MR) is 115 cm³/mol. The fourth-order valence-electron chi connectivity index (χ4n) is 2.98. The molecule has 0 spiro atoms. The van der Waals surface area contributed by atoms with Crippen molar-refractivity contribution in [2.24, 2.45) is 0 Å². The van der Waals surface area contributed by atoms with Gasteiger partial charge in [0.25, 0.3) is 0 Å². The van der Waals surface area contributed by atoms with Gasteiger partial charge in [0, 0.05) is 57.8 Å². The quantitative estimate of drug-likeness (QED) is 0.331. The highest BCUT2D eigenvalue weighted by molar-refractivity contribution is 9.09. The lowest BCUT2D eigenvalue weighted by molar-refractivity contribution is -0.0589. The maximum Gasteiger partial charge on any atom is 0.321 e. The van der Waals surface area contributed by atoms with Gasteiger partial charge in [-0.2, -0.15) is 0 Å². The van der Waals surface area contributed by atoms with Crippen molar-refractivity contribution in [3.8, 4) is 0 Å². The van der Waals surface area contributed by atoms with Crippen molar-refractivity contribution < 1.29 is 19.0 Å². The first kappa shape index (κ1) is 22.9. The van der Waals surface area contributed by atoms with Crippen molar-refractivity contribution in [3.05, 3.63) is 42.0 Å². The first-order valence-electron chi connectivity index (χ1n) is 9.65. The van der Waals surface area contributed by atoms with Crippen molar-refractivity contribution in [2.45, 2.75) is 31.5 Å². The molecule has 0 saturated carbocycles. The van der Waals surface area contributed by atoms with Gasteiger partial charge in [-0.1, -0.05) is 40.2 Å². The number of benzene rings is 1. The molecular weight excluding hydrogens is 424 g/mol. The van der Waals surface area contributed by atoms with E-state index in [9.17, 15) is 4.79 Å². The standard InChI is InChI=1S/C21H31BrN2O4/c1-24(20(25)23-13-4-12-22)19-7-5-18(6-8-19)17-28-14-3-9-21(26-2)10-15-27-16-11-21/h3,5-9H,4,10-17H2,1-2H3,(H,23,25). The smallest absolute Gasteiger partial charge is 0.321 e. The highest BCUT2D eigenvalue weighted by atomic mass is 79.9. The number of alkyl halides is 1. The van der Waals surface area contributed by atoms with Crippen molar-refractivity contribution in [1.82, 2.24) is 5.32 Å². The van der Waals surface area contributed by atoms with E-state index in [0.717, 1.165) is 49.1 Å². The number of hydrogen-bond acceptors (Lipinski definition) is 4. The number of urea groups is 1. The third kappa shape index (κ3) is 7.20. The number of ether oxygens (including phenoxy) is 3. The Bertz CT molecular complexity index is 615. The summed E-state index contributed by atoms with van der Waals surface area (Å²) < 4.78 is 16.8. The fraction of sp³-hybridized carbons (Fsp3) is 0.571. The van der Waals surface area contributed by atoms with Crippen LogP contribution in [0.2, 0.25) is 0 Å². The largest absolute Gasteiger partial charge is 0.381 e. The maximum absolute atomic E-state index is 12.1. The van der Waals surface area contributed by atoms with Gasteiger partial charge in [-0.15, -0.1) is 0 Å². The van der Waals surface area contributed by atoms with Crippen LogP contribution < -0.4 is 10.2 Å². The van der Waals surface area contributed by atoms with E-state index in [0.29, 0.717) is 19.8 Å². The predicted octanol–water partition coefficient (Wildman–Crippen LogP) is 3.89. The van der Waals surface area contributed by atoms with Crippen LogP contribution in [0, 0.1) is 0 Å². The molecule has 0 bridgehead atoms. The molecule has 1 aliphatic heterocycles. The third-order valence-electron chi connectivity index (χ3n) is 4.86. The molecule has 28 heavy (non-hydrogen) atoms. The Morgan fingerprint density at radius 2 is 2.04 bits per heavy atom. The molecule has 0 aromatic heterocycles. The number of nitrogens with one attached hydrogen (secondary N) is 1. The van der Waals surface area contributed by atoms with Gasteiger partial charge in [0.1, 0.15) is 0 Å². The van der Waals surface area contributed by atoms with Crippen LogP contribution in [-0.4, -0.2) is 57.5 Å². The van der Waals surface area contributed by atoms with Crippen LogP contribution in [0.5, 0.6) is 0 Å². The Morgan fingerprint density at radius 1 is 1.32 bits per heavy atom. The summed E-state index contributed by atoms with van der Waals surface area (Å²) in [6.45, 7) is 3.17. The van der Waals surface area contributed by atoms with Crippen LogP contribution >= 0.6 is 15.9 Å². The van der Waals surface area contributed by atoms with Gasteiger partial charge in [0.05, 0.1) is 18.8 Å². The molecule has 156 valence electrons. The maximum atomic E-state index is 12.1. The molecule has 1 N–H and O–H groups in total. The van der Waals surface area contributed by atoms with E-state index in [1.807, 2.05) is 30.3 Å². The molecule has 0 unspecified atom stereocenters. The summed E-state index contributed by atoms with van der Waals surface area (Å²) >= 11 is 3.35. The zero-order valence-corrected chi connectivity index (χ0v) is 18.4. The Labute approximate surface area is 176 Å². The molecule has 0 atom stereocenters. The van der Waals surface area contributed by atoms with Crippen LogP contribution in [-0.2, 0) is 20.8 Å². The number of carbonyl (C=O) groups is 1. The van der Waals surface area contributed by atoms with Crippen LogP contribution in [0.1, 0.15) is 24.8 Å². The van der Waals surface area contributed by atoms with Crippen LogP contribution in [0.15, 0.2) is 36.4 Å². The van der Waals surface area contributed by atoms with Gasteiger partial charge in [-0.25, -0.2) is 4.79 Å². The van der Waals surface area contributed by atoms with Crippen molar-refractivity contribution >= 4 is 27.6 Å². The number of amides is 2. The summed E-state index contributed by atoms with van der Waals surface area (Å²) in [7, 11) is 3.51. The molecule has 0 aliphatic carbocycles. The number of hydrogen-bond donors (Lipinski definition) is 1. The van der Waals surface area contributed by atoms with Gasteiger partial charge in [0.2, 0.25) is 0 Å². The molecule has 7 heteroatoms. The van der Waals surface area contributed by atoms with Gasteiger partial charge in [0.15, 0.2) is 0 Å². The van der Waals surface area contributed by atoms with E-state index in [1.54, 1.807) is 19.1 Å². The minimum atomic E-state index is -0.219. The summed E-state index contributed by atoms with van der Waals surface area (Å²) in [5.41, 5.74) is 1.70. The molecule has 0 radical (unpaired) electrons. The molecule has 1 aromatic carbocycles. The summed E-state index contributed by atoms with van der Waals surface area (Å²) in [6.07, 6.45) is 6.77. The summed E-state index contributed by atoms with van der Waals surface area (Å²) in [4.78, 5) is 13.7. The molecular formula is C21H31BrN2O4. The Morgan fingerprint density at radius 3 is 2.68 bits per heavy atom. The third-order valence-corrected chi connectivity index (χ3v) is 5.43. The van der Waals surface area contributed by atoms with Gasteiger partial charge in [-0.05, 0) is 24.1 Å². The van der Waals surface area contributed by atoms with E-state index < -0.39 is 0 Å². The number of halogens is 1. The fourth-order valence-corrected chi connectivity index (χ4v) is 3.26. The van der Waals surface area contributed by atoms with E-state index >= 15 is 0 Å². The summed E-state index contributed by atoms with van der Waals surface area (Å²) in [5.74, 6) is 0. The van der Waals surface area contributed by atoms with Crippen molar-refractivity contribution in [1.29, 1.82) is 0 Å². The Kier molecular flexibility index (Phi) is 9.98. The minimum absolute atomic E-state index is 0.102. The summed E-state index contributed by atoms with van der Waals surface area (Å²) in [5, 5.41) is 3.76. The molecule has 2 rings (SSSR count). The SMILES string of the molecule is COC1(C=CCOCc2ccc(N(C)C(=O)NCCCBr)cc2)CCOCC1. The van der Waals surface area contributed by atoms with E-state index in [2.05, 4.69) is 27.3 Å². The molecule has 1 saturated heterocycles. The van der Waals surface area contributed by atoms with Crippen LogP contribution in [0.3, 0.4) is 0 Å². The Balaban J connectivity index is 1.75. The zero-order valence-electron chi connectivity index (χ0n) is 16.8. The second kappa shape index (κ2) is 12.2. The molecule has 2 amide bonds. The number of rotatable bonds is 10. The molecule has 6 nitrogen and oxygen atoms in total.